The fraction of sp³-hybridized carbons (Fsp3) is 0.389. The average molecular weight is 316 g/mol. The smallest absolute Gasteiger partial charge is 0.199 e. The highest BCUT2D eigenvalue weighted by Gasteiger charge is 2.16. The highest BCUT2D eigenvalue weighted by molar-refractivity contribution is 5.64. The molecule has 4 nitrogen and oxygen atoms in total. The second-order valence-corrected chi connectivity index (χ2v) is 5.69. The predicted molar refractivity (Wildman–Crippen MR) is 82.9 cm³/mol. The van der Waals surface area contributed by atoms with Crippen LogP contribution in [0.2, 0.25) is 0 Å². The Bertz CT molecular complexity index is 684. The van der Waals surface area contributed by atoms with Crippen molar-refractivity contribution in [3.05, 3.63) is 47.4 Å². The third-order valence-corrected chi connectivity index (χ3v) is 3.94. The number of ether oxygens (including phenoxy) is 2. The minimum atomic E-state index is -0.325. The van der Waals surface area contributed by atoms with Crippen molar-refractivity contribution in [2.45, 2.75) is 39.1 Å². The van der Waals surface area contributed by atoms with Gasteiger partial charge in [0.1, 0.15) is 5.82 Å². The van der Waals surface area contributed by atoms with Crippen molar-refractivity contribution >= 4 is 0 Å². The molecule has 23 heavy (non-hydrogen) atoms. The lowest BCUT2D eigenvalue weighted by Crippen LogP contribution is -2.22. The fourth-order valence-electron chi connectivity index (χ4n) is 2.66. The van der Waals surface area contributed by atoms with Crippen LogP contribution in [0.1, 0.15) is 30.5 Å². The monoisotopic (exact) mass is 316 g/mol. The molecule has 1 atom stereocenters. The summed E-state index contributed by atoms with van der Waals surface area (Å²) in [6.45, 7) is 2.62. The lowest BCUT2D eigenvalue weighted by Gasteiger charge is -2.23. The topological polar surface area (TPSA) is 51.2 Å². The van der Waals surface area contributed by atoms with Crippen LogP contribution in [0, 0.1) is 12.7 Å². The van der Waals surface area contributed by atoms with Crippen molar-refractivity contribution in [2.75, 3.05) is 6.61 Å². The number of aromatic nitrogens is 1. The van der Waals surface area contributed by atoms with E-state index >= 15 is 0 Å². The zero-order chi connectivity index (χ0) is 16.2. The Hall–Kier alpha value is -1.98. The highest BCUT2D eigenvalue weighted by atomic mass is 19.1. The van der Waals surface area contributed by atoms with E-state index in [1.165, 1.54) is 18.2 Å². The molecule has 2 aromatic rings. The van der Waals surface area contributed by atoms with Crippen molar-refractivity contribution in [3.8, 4) is 17.0 Å². The Morgan fingerprint density at radius 3 is 2.91 bits per heavy atom. The zero-order valence-corrected chi connectivity index (χ0v) is 13.0. The van der Waals surface area contributed by atoms with Crippen molar-refractivity contribution in [2.24, 2.45) is 0 Å². The van der Waals surface area contributed by atoms with E-state index in [0.29, 0.717) is 23.6 Å². The molecule has 1 fully saturated rings. The third kappa shape index (κ3) is 3.86. The first-order chi connectivity index (χ1) is 11.1. The fourth-order valence-corrected chi connectivity index (χ4v) is 2.66. The normalized spacial score (nSPS) is 18.1. The second kappa shape index (κ2) is 7.06. The minimum absolute atomic E-state index is 0.107. The minimum Gasteiger partial charge on any atom is -0.353 e. The number of benzene rings is 1. The van der Waals surface area contributed by atoms with E-state index in [4.69, 9.17) is 9.47 Å². The SMILES string of the molecule is Cc1nc(-c2ccc(F)cc2COC2CCCCO2)ccc1[O]. The van der Waals surface area contributed by atoms with Gasteiger partial charge < -0.3 is 9.47 Å². The van der Waals surface area contributed by atoms with Crippen LogP contribution in [0.3, 0.4) is 0 Å². The van der Waals surface area contributed by atoms with Crippen LogP contribution in [0.4, 0.5) is 4.39 Å². The van der Waals surface area contributed by atoms with Crippen LogP contribution in [-0.4, -0.2) is 17.9 Å². The van der Waals surface area contributed by atoms with Crippen molar-refractivity contribution < 1.29 is 19.0 Å². The number of hydrogen-bond acceptors (Lipinski definition) is 3. The summed E-state index contributed by atoms with van der Waals surface area (Å²) in [4.78, 5) is 4.31. The molecule has 0 N–H and O–H groups in total. The van der Waals surface area contributed by atoms with Crippen LogP contribution in [-0.2, 0) is 21.2 Å². The lowest BCUT2D eigenvalue weighted by atomic mass is 10.0. The van der Waals surface area contributed by atoms with Gasteiger partial charge in [-0.05, 0) is 62.1 Å². The number of nitrogens with zero attached hydrogens (tertiary/aromatic N) is 1. The van der Waals surface area contributed by atoms with Crippen LogP contribution in [0.15, 0.2) is 30.3 Å². The first kappa shape index (κ1) is 15.9. The number of hydrogen-bond donors (Lipinski definition) is 0. The molecule has 0 aliphatic carbocycles. The molecule has 121 valence electrons. The predicted octanol–water partition coefficient (Wildman–Crippen LogP) is 4.38. The summed E-state index contributed by atoms with van der Waals surface area (Å²) in [6, 6.07) is 7.64. The Morgan fingerprint density at radius 2 is 2.17 bits per heavy atom. The molecule has 2 heterocycles. The highest BCUT2D eigenvalue weighted by Crippen LogP contribution is 2.27. The summed E-state index contributed by atoms with van der Waals surface area (Å²) in [5, 5.41) is 11.5. The molecule has 0 spiro atoms. The molecule has 1 aromatic carbocycles. The summed E-state index contributed by atoms with van der Waals surface area (Å²) in [7, 11) is 0. The van der Waals surface area contributed by atoms with E-state index in [0.717, 1.165) is 24.8 Å². The van der Waals surface area contributed by atoms with Crippen LogP contribution in [0.5, 0.6) is 5.75 Å². The summed E-state index contributed by atoms with van der Waals surface area (Å²) < 4.78 is 24.9. The molecule has 1 aliphatic heterocycles. The molecule has 5 heteroatoms. The number of rotatable bonds is 4. The quantitative estimate of drug-likeness (QED) is 0.841. The molecular weight excluding hydrogens is 297 g/mol. The van der Waals surface area contributed by atoms with E-state index in [1.807, 2.05) is 0 Å². The molecule has 1 saturated heterocycles. The molecular formula is C18H19FNO3. The molecule has 0 saturated carbocycles. The van der Waals surface area contributed by atoms with Gasteiger partial charge in [-0.15, -0.1) is 0 Å². The largest absolute Gasteiger partial charge is 0.353 e. The van der Waals surface area contributed by atoms with Crippen LogP contribution >= 0.6 is 0 Å². The molecule has 0 bridgehead atoms. The maximum atomic E-state index is 13.6. The van der Waals surface area contributed by atoms with Gasteiger partial charge >= 0.3 is 0 Å². The second-order valence-electron chi connectivity index (χ2n) is 5.69. The van der Waals surface area contributed by atoms with Gasteiger partial charge in [0.2, 0.25) is 0 Å². The van der Waals surface area contributed by atoms with E-state index < -0.39 is 0 Å². The van der Waals surface area contributed by atoms with Crippen LogP contribution in [0.25, 0.3) is 11.3 Å². The standard InChI is InChI=1S/C18H19FNO3/c1-12-17(21)8-7-16(20-12)15-6-5-14(19)10-13(15)11-23-18-4-2-3-9-22-18/h5-8,10,18H,2-4,9,11H2,1H3. The maximum absolute atomic E-state index is 13.6. The van der Waals surface area contributed by atoms with E-state index in [1.54, 1.807) is 19.1 Å². The summed E-state index contributed by atoms with van der Waals surface area (Å²) in [6.07, 6.45) is 2.74. The van der Waals surface area contributed by atoms with Gasteiger partial charge in [-0.3, -0.25) is 5.11 Å². The number of pyridine rings is 1. The summed E-state index contributed by atoms with van der Waals surface area (Å²) in [5.74, 6) is -0.432. The maximum Gasteiger partial charge on any atom is 0.199 e. The van der Waals surface area contributed by atoms with Gasteiger partial charge in [-0.1, -0.05) is 0 Å². The Balaban J connectivity index is 1.83. The lowest BCUT2D eigenvalue weighted by molar-refractivity contribution is -0.168. The molecule has 1 aromatic heterocycles. The van der Waals surface area contributed by atoms with Gasteiger partial charge in [0.15, 0.2) is 12.0 Å². The van der Waals surface area contributed by atoms with Crippen LogP contribution < -0.4 is 0 Å². The summed E-state index contributed by atoms with van der Waals surface area (Å²) in [5.41, 5.74) is 2.54. The van der Waals surface area contributed by atoms with E-state index in [9.17, 15) is 9.50 Å². The van der Waals surface area contributed by atoms with Crippen molar-refractivity contribution in [1.29, 1.82) is 0 Å². The average Bonchev–Trinajstić information content (AvgIpc) is 2.57. The van der Waals surface area contributed by atoms with Gasteiger partial charge in [0, 0.05) is 12.2 Å². The molecule has 0 amide bonds. The zero-order valence-electron chi connectivity index (χ0n) is 13.0. The Labute approximate surface area is 134 Å². The molecule has 3 rings (SSSR count). The van der Waals surface area contributed by atoms with Gasteiger partial charge in [0.25, 0.3) is 0 Å². The molecule has 1 aliphatic rings. The van der Waals surface area contributed by atoms with Gasteiger partial charge in [-0.2, -0.15) is 0 Å². The third-order valence-electron chi connectivity index (χ3n) is 3.94. The molecule has 1 unspecified atom stereocenters. The summed E-state index contributed by atoms with van der Waals surface area (Å²) >= 11 is 0. The Morgan fingerprint density at radius 1 is 1.30 bits per heavy atom. The number of aryl methyl sites for hydroxylation is 1. The first-order valence-electron chi connectivity index (χ1n) is 7.80. The number of halogens is 1. The van der Waals surface area contributed by atoms with Crippen molar-refractivity contribution in [1.82, 2.24) is 4.98 Å². The Kier molecular flexibility index (Phi) is 4.88. The van der Waals surface area contributed by atoms with E-state index in [2.05, 4.69) is 4.98 Å². The van der Waals surface area contributed by atoms with E-state index in [-0.39, 0.29) is 24.5 Å². The van der Waals surface area contributed by atoms with Gasteiger partial charge in [0.05, 0.1) is 18.0 Å². The van der Waals surface area contributed by atoms with Crippen molar-refractivity contribution in [3.63, 3.8) is 0 Å². The first-order valence-corrected chi connectivity index (χ1v) is 7.80. The van der Waals surface area contributed by atoms with Gasteiger partial charge in [-0.25, -0.2) is 9.37 Å². The molecule has 1 radical (unpaired) electrons.